The normalized spacial score (nSPS) is 12.2. The molecule has 14 rings (SSSR count). The van der Waals surface area contributed by atoms with Crippen LogP contribution in [0, 0.1) is 0 Å². The highest BCUT2D eigenvalue weighted by Crippen LogP contribution is 2.50. The molecule has 0 fully saturated rings. The van der Waals surface area contributed by atoms with Crippen LogP contribution < -0.4 is 0 Å². The summed E-state index contributed by atoms with van der Waals surface area (Å²) in [5, 5.41) is 17.8. The highest BCUT2D eigenvalue weighted by molar-refractivity contribution is 6.43. The topological polar surface area (TPSA) is 35.6 Å². The van der Waals surface area contributed by atoms with Gasteiger partial charge in [-0.1, -0.05) is 182 Å². The zero-order valence-corrected chi connectivity index (χ0v) is 33.4. The summed E-state index contributed by atoms with van der Waals surface area (Å²) in [6, 6.07) is 74.7. The lowest BCUT2D eigenvalue weighted by atomic mass is 9.89. The minimum Gasteiger partial charge on any atom is -0.307 e. The molecule has 3 heterocycles. The van der Waals surface area contributed by atoms with Crippen LogP contribution in [0.5, 0.6) is 0 Å². The van der Waals surface area contributed by atoms with Gasteiger partial charge < -0.3 is 4.57 Å². The average Bonchev–Trinajstić information content (AvgIpc) is 3.88. The predicted octanol–water partition coefficient (Wildman–Crippen LogP) is 15.3. The first-order valence-electron chi connectivity index (χ1n) is 21.3. The van der Waals surface area contributed by atoms with E-state index in [-0.39, 0.29) is 0 Å². The van der Waals surface area contributed by atoms with Gasteiger partial charge >= 0.3 is 0 Å². The highest BCUT2D eigenvalue weighted by atomic mass is 15.2. The molecule has 0 spiro atoms. The molecule has 4 heteroatoms. The van der Waals surface area contributed by atoms with E-state index >= 15 is 0 Å². The first-order valence-corrected chi connectivity index (χ1v) is 21.3. The van der Waals surface area contributed by atoms with E-state index in [0.717, 1.165) is 66.1 Å². The summed E-state index contributed by atoms with van der Waals surface area (Å²) >= 11 is 0. The van der Waals surface area contributed by atoms with Crippen molar-refractivity contribution in [3.05, 3.63) is 206 Å². The molecule has 0 aliphatic carbocycles. The number of aromatic nitrogens is 4. The molecule has 0 N–H and O–H groups in total. The zero-order chi connectivity index (χ0) is 40.5. The number of rotatable bonds is 3. The fourth-order valence-corrected chi connectivity index (χ4v) is 10.7. The second kappa shape index (κ2) is 12.6. The minimum absolute atomic E-state index is 0.638. The number of para-hydroxylation sites is 2. The van der Waals surface area contributed by atoms with Gasteiger partial charge in [0.25, 0.3) is 0 Å². The maximum Gasteiger partial charge on any atom is 0.235 e. The van der Waals surface area contributed by atoms with Crippen LogP contribution in [0.15, 0.2) is 206 Å². The standard InChI is InChI=1S/C58H34N4/c1-3-18-36(19-4-1)53-48-32-31-35-17-7-8-22-38(35)54(48)60-58(59-53)62-56-47(34-33-46-41-25-15-16-30-49(41)61(55(46)56)37-20-5-2-6-21-37)51-45-29-14-13-28-44(45)50-42-26-11-9-23-39(42)40-24-10-12-27-43(40)52(50)57(51)62/h1-34H. The lowest BCUT2D eigenvalue weighted by molar-refractivity contribution is 1.02. The summed E-state index contributed by atoms with van der Waals surface area (Å²) in [6.45, 7) is 0. The van der Waals surface area contributed by atoms with E-state index < -0.39 is 0 Å². The molecule has 0 radical (unpaired) electrons. The third-order valence-corrected chi connectivity index (χ3v) is 13.2. The molecule has 0 amide bonds. The van der Waals surface area contributed by atoms with E-state index in [4.69, 9.17) is 9.97 Å². The largest absolute Gasteiger partial charge is 0.307 e. The van der Waals surface area contributed by atoms with Gasteiger partial charge in [-0.3, -0.25) is 4.57 Å². The third kappa shape index (κ3) is 4.45. The number of fused-ring (bicyclic) bond motifs is 20. The molecule has 0 bridgehead atoms. The molecule has 0 saturated heterocycles. The third-order valence-electron chi connectivity index (χ3n) is 13.2. The molecule has 14 aromatic rings. The smallest absolute Gasteiger partial charge is 0.235 e. The molecule has 0 unspecified atom stereocenters. The summed E-state index contributed by atoms with van der Waals surface area (Å²) < 4.78 is 4.89. The lowest BCUT2D eigenvalue weighted by Crippen LogP contribution is -2.05. The molecule has 0 aliphatic rings. The van der Waals surface area contributed by atoms with Gasteiger partial charge in [-0.25, -0.2) is 9.97 Å². The van der Waals surface area contributed by atoms with Crippen molar-refractivity contribution in [1.29, 1.82) is 0 Å². The Morgan fingerprint density at radius 3 is 1.53 bits per heavy atom. The summed E-state index contributed by atoms with van der Waals surface area (Å²) in [7, 11) is 0. The van der Waals surface area contributed by atoms with Gasteiger partial charge in [-0.2, -0.15) is 0 Å². The Morgan fingerprint density at radius 1 is 0.290 bits per heavy atom. The zero-order valence-electron chi connectivity index (χ0n) is 33.4. The van der Waals surface area contributed by atoms with E-state index in [1.165, 1.54) is 59.2 Å². The molecular weight excluding hydrogens is 753 g/mol. The molecule has 0 atom stereocenters. The fourth-order valence-electron chi connectivity index (χ4n) is 10.7. The molecule has 4 nitrogen and oxygen atoms in total. The van der Waals surface area contributed by atoms with Crippen molar-refractivity contribution in [2.24, 2.45) is 0 Å². The molecular formula is C58H34N4. The Morgan fingerprint density at radius 2 is 0.806 bits per heavy atom. The van der Waals surface area contributed by atoms with Crippen LogP contribution in [-0.2, 0) is 0 Å². The summed E-state index contributed by atoms with van der Waals surface area (Å²) in [5.41, 5.74) is 8.44. The van der Waals surface area contributed by atoms with Crippen LogP contribution >= 0.6 is 0 Å². The first kappa shape index (κ1) is 33.5. The summed E-state index contributed by atoms with van der Waals surface area (Å²) in [6.07, 6.45) is 0. The van der Waals surface area contributed by atoms with E-state index in [1.807, 2.05) is 0 Å². The molecule has 62 heavy (non-hydrogen) atoms. The van der Waals surface area contributed by atoms with Crippen LogP contribution in [0.4, 0.5) is 0 Å². The Hall–Kier alpha value is -8.34. The van der Waals surface area contributed by atoms with Crippen molar-refractivity contribution in [2.75, 3.05) is 0 Å². The average molecular weight is 787 g/mol. The Balaban J connectivity index is 1.33. The maximum absolute atomic E-state index is 5.77. The van der Waals surface area contributed by atoms with Crippen molar-refractivity contribution in [2.45, 2.75) is 0 Å². The van der Waals surface area contributed by atoms with E-state index in [0.29, 0.717) is 5.95 Å². The fraction of sp³-hybridized carbons (Fsp3) is 0. The highest BCUT2D eigenvalue weighted by Gasteiger charge is 2.28. The van der Waals surface area contributed by atoms with E-state index in [2.05, 4.69) is 215 Å². The quantitative estimate of drug-likeness (QED) is 0.167. The molecule has 286 valence electrons. The van der Waals surface area contributed by atoms with Crippen LogP contribution in [0.2, 0.25) is 0 Å². The Labute approximate surface area is 355 Å². The second-order valence-corrected chi connectivity index (χ2v) is 16.4. The van der Waals surface area contributed by atoms with Crippen molar-refractivity contribution in [1.82, 2.24) is 19.1 Å². The van der Waals surface area contributed by atoms with Crippen LogP contribution in [0.25, 0.3) is 131 Å². The van der Waals surface area contributed by atoms with Gasteiger partial charge in [-0.15, -0.1) is 0 Å². The predicted molar refractivity (Wildman–Crippen MR) is 261 cm³/mol. The number of nitrogens with zero attached hydrogens (tertiary/aromatic N) is 4. The van der Waals surface area contributed by atoms with Crippen molar-refractivity contribution < 1.29 is 0 Å². The first-order chi connectivity index (χ1) is 30.8. The Kier molecular flexibility index (Phi) is 6.80. The van der Waals surface area contributed by atoms with Crippen molar-refractivity contribution in [3.8, 4) is 22.9 Å². The number of benzene rings is 11. The molecule has 3 aromatic heterocycles. The van der Waals surface area contributed by atoms with Crippen LogP contribution in [-0.4, -0.2) is 19.1 Å². The Bertz CT molecular complexity index is 4200. The second-order valence-electron chi connectivity index (χ2n) is 16.4. The SMILES string of the molecule is c1ccc(-c2nc(-n3c4c(c5ccccc5c5c6ccccc6c6ccccc6c54)c4ccc5c6ccccc6n(-c6ccccc6)c5c43)nc3c2ccc2ccccc23)cc1. The maximum atomic E-state index is 5.77. The van der Waals surface area contributed by atoms with Crippen LogP contribution in [0.3, 0.4) is 0 Å². The summed E-state index contributed by atoms with van der Waals surface area (Å²) in [4.78, 5) is 11.5. The van der Waals surface area contributed by atoms with E-state index in [1.54, 1.807) is 0 Å². The van der Waals surface area contributed by atoms with Crippen molar-refractivity contribution >= 4 is 108 Å². The van der Waals surface area contributed by atoms with Crippen LogP contribution in [0.1, 0.15) is 0 Å². The summed E-state index contributed by atoms with van der Waals surface area (Å²) in [5.74, 6) is 0.638. The number of hydrogen-bond acceptors (Lipinski definition) is 2. The molecule has 11 aromatic carbocycles. The van der Waals surface area contributed by atoms with Gasteiger partial charge in [0.2, 0.25) is 5.95 Å². The van der Waals surface area contributed by atoms with Gasteiger partial charge in [0.15, 0.2) is 0 Å². The van der Waals surface area contributed by atoms with Gasteiger partial charge in [-0.05, 0) is 62.0 Å². The van der Waals surface area contributed by atoms with Gasteiger partial charge in [0.05, 0.1) is 33.3 Å². The monoisotopic (exact) mass is 786 g/mol. The minimum atomic E-state index is 0.638. The molecule has 0 saturated carbocycles. The van der Waals surface area contributed by atoms with Gasteiger partial charge in [0, 0.05) is 54.3 Å². The van der Waals surface area contributed by atoms with Gasteiger partial charge in [0.1, 0.15) is 0 Å². The molecule has 0 aliphatic heterocycles. The van der Waals surface area contributed by atoms with E-state index in [9.17, 15) is 0 Å². The lowest BCUT2D eigenvalue weighted by Gasteiger charge is -2.17. The van der Waals surface area contributed by atoms with Crippen molar-refractivity contribution in [3.63, 3.8) is 0 Å². The number of hydrogen-bond donors (Lipinski definition) is 0.